The summed E-state index contributed by atoms with van der Waals surface area (Å²) in [6, 6.07) is -0.307. The van der Waals surface area contributed by atoms with Gasteiger partial charge in [0.1, 0.15) is 11.7 Å². The van der Waals surface area contributed by atoms with E-state index in [4.69, 9.17) is 9.47 Å². The van der Waals surface area contributed by atoms with Crippen LogP contribution in [0.3, 0.4) is 0 Å². The summed E-state index contributed by atoms with van der Waals surface area (Å²) < 4.78 is 11.2. The highest BCUT2D eigenvalue weighted by atomic mass is 16.6. The number of ether oxygens (including phenoxy) is 2. The van der Waals surface area contributed by atoms with Gasteiger partial charge in [0.05, 0.1) is 18.2 Å². The fourth-order valence-corrected chi connectivity index (χ4v) is 3.87. The van der Waals surface area contributed by atoms with Crippen molar-refractivity contribution in [2.75, 3.05) is 0 Å². The first kappa shape index (κ1) is 19.5. The number of carbonyl (C=O) groups is 1. The number of alkyl carbamates (subject to hydrolysis) is 1. The maximum absolute atomic E-state index is 12.2. The molecular formula is C19H35NO4. The van der Waals surface area contributed by atoms with E-state index in [0.717, 1.165) is 19.3 Å². The van der Waals surface area contributed by atoms with Crippen LogP contribution >= 0.6 is 0 Å². The maximum Gasteiger partial charge on any atom is 0.407 e. The molecule has 5 heteroatoms. The Hall–Kier alpha value is -0.810. The molecular weight excluding hydrogens is 306 g/mol. The van der Waals surface area contributed by atoms with E-state index in [1.807, 2.05) is 27.7 Å². The van der Waals surface area contributed by atoms with Crippen LogP contribution in [0.2, 0.25) is 0 Å². The average molecular weight is 341 g/mol. The minimum Gasteiger partial charge on any atom is -0.444 e. The molecule has 1 saturated carbocycles. The molecule has 24 heavy (non-hydrogen) atoms. The average Bonchev–Trinajstić information content (AvgIpc) is 2.91. The molecule has 1 amide bonds. The van der Waals surface area contributed by atoms with Gasteiger partial charge in [-0.3, -0.25) is 0 Å². The lowest BCUT2D eigenvalue weighted by Crippen LogP contribution is -2.50. The molecule has 0 bridgehead atoms. The lowest BCUT2D eigenvalue weighted by atomic mass is 9.83. The van der Waals surface area contributed by atoms with Crippen LogP contribution in [0, 0.1) is 5.92 Å². The van der Waals surface area contributed by atoms with E-state index in [0.29, 0.717) is 5.92 Å². The Kier molecular flexibility index (Phi) is 6.93. The third-order valence-electron chi connectivity index (χ3n) is 5.07. The second-order valence-corrected chi connectivity index (χ2v) is 8.55. The Balaban J connectivity index is 1.98. The zero-order valence-corrected chi connectivity index (χ0v) is 15.7. The lowest BCUT2D eigenvalue weighted by molar-refractivity contribution is -0.0485. The Labute approximate surface area is 146 Å². The first-order chi connectivity index (χ1) is 11.2. The molecule has 2 fully saturated rings. The highest BCUT2D eigenvalue weighted by Crippen LogP contribution is 2.30. The van der Waals surface area contributed by atoms with E-state index in [2.05, 4.69) is 5.32 Å². The summed E-state index contributed by atoms with van der Waals surface area (Å²) in [4.78, 5) is 12.2. The van der Waals surface area contributed by atoms with Gasteiger partial charge < -0.3 is 19.9 Å². The van der Waals surface area contributed by atoms with Gasteiger partial charge in [0.2, 0.25) is 0 Å². The molecule has 2 aliphatic rings. The first-order valence-electron chi connectivity index (χ1n) is 9.57. The van der Waals surface area contributed by atoms with Gasteiger partial charge in [-0.15, -0.1) is 0 Å². The molecule has 5 nitrogen and oxygen atoms in total. The zero-order valence-electron chi connectivity index (χ0n) is 15.7. The molecule has 1 aliphatic heterocycles. The van der Waals surface area contributed by atoms with Crippen molar-refractivity contribution < 1.29 is 19.4 Å². The Morgan fingerprint density at radius 1 is 1.21 bits per heavy atom. The molecule has 0 aromatic rings. The van der Waals surface area contributed by atoms with Crippen LogP contribution in [0.4, 0.5) is 4.79 Å². The number of hydrogen-bond acceptors (Lipinski definition) is 4. The topological polar surface area (TPSA) is 67.8 Å². The Bertz CT molecular complexity index is 401. The summed E-state index contributed by atoms with van der Waals surface area (Å²) >= 11 is 0. The molecule has 0 radical (unpaired) electrons. The van der Waals surface area contributed by atoms with Gasteiger partial charge in [0.15, 0.2) is 0 Å². The summed E-state index contributed by atoms with van der Waals surface area (Å²) in [5.74, 6) is 0.562. The summed E-state index contributed by atoms with van der Waals surface area (Å²) in [6.45, 7) is 7.58. The zero-order chi connectivity index (χ0) is 17.7. The molecule has 0 aromatic carbocycles. The number of amides is 1. The van der Waals surface area contributed by atoms with Gasteiger partial charge in [-0.25, -0.2) is 4.79 Å². The minimum atomic E-state index is -0.676. The smallest absolute Gasteiger partial charge is 0.407 e. The van der Waals surface area contributed by atoms with Crippen molar-refractivity contribution in [3.63, 3.8) is 0 Å². The Morgan fingerprint density at radius 2 is 1.88 bits per heavy atom. The minimum absolute atomic E-state index is 0.182. The SMILES string of the molecule is C[C@@H]1CC[C@@H]([C@H](O)C(CC2CCCCC2)NC(=O)OC(C)(C)C)O1. The van der Waals surface area contributed by atoms with Gasteiger partial charge in [-0.05, 0) is 52.9 Å². The van der Waals surface area contributed by atoms with Crippen molar-refractivity contribution in [2.24, 2.45) is 5.92 Å². The largest absolute Gasteiger partial charge is 0.444 e. The van der Waals surface area contributed by atoms with E-state index in [1.165, 1.54) is 32.1 Å². The van der Waals surface area contributed by atoms with Gasteiger partial charge in [-0.2, -0.15) is 0 Å². The Morgan fingerprint density at radius 3 is 2.42 bits per heavy atom. The van der Waals surface area contributed by atoms with Crippen molar-refractivity contribution in [2.45, 2.75) is 109 Å². The van der Waals surface area contributed by atoms with E-state index in [9.17, 15) is 9.90 Å². The summed E-state index contributed by atoms with van der Waals surface area (Å²) in [7, 11) is 0. The highest BCUT2D eigenvalue weighted by molar-refractivity contribution is 5.68. The molecule has 1 saturated heterocycles. The van der Waals surface area contributed by atoms with Gasteiger partial charge in [-0.1, -0.05) is 32.1 Å². The molecule has 140 valence electrons. The molecule has 4 atom stereocenters. The number of carbonyl (C=O) groups excluding carboxylic acids is 1. The van der Waals surface area contributed by atoms with Crippen LogP contribution < -0.4 is 5.32 Å². The van der Waals surface area contributed by atoms with E-state index in [1.54, 1.807) is 0 Å². The van der Waals surface area contributed by atoms with Crippen molar-refractivity contribution in [1.29, 1.82) is 0 Å². The van der Waals surface area contributed by atoms with Crippen LogP contribution in [-0.2, 0) is 9.47 Å². The van der Waals surface area contributed by atoms with Crippen LogP contribution in [0.5, 0.6) is 0 Å². The highest BCUT2D eigenvalue weighted by Gasteiger charge is 2.36. The molecule has 0 spiro atoms. The second-order valence-electron chi connectivity index (χ2n) is 8.55. The van der Waals surface area contributed by atoms with Gasteiger partial charge in [0.25, 0.3) is 0 Å². The monoisotopic (exact) mass is 341 g/mol. The second kappa shape index (κ2) is 8.52. The van der Waals surface area contributed by atoms with Gasteiger partial charge in [0, 0.05) is 0 Å². The molecule has 2 rings (SSSR count). The van der Waals surface area contributed by atoms with E-state index in [-0.39, 0.29) is 18.2 Å². The quantitative estimate of drug-likeness (QED) is 0.798. The molecule has 0 aromatic heterocycles. The fraction of sp³-hybridized carbons (Fsp3) is 0.947. The summed E-state index contributed by atoms with van der Waals surface area (Å²) in [6.07, 6.45) is 7.63. The number of aliphatic hydroxyl groups is 1. The van der Waals surface area contributed by atoms with Crippen molar-refractivity contribution in [3.05, 3.63) is 0 Å². The summed E-state index contributed by atoms with van der Waals surface area (Å²) in [5.41, 5.74) is -0.539. The van der Waals surface area contributed by atoms with Crippen LogP contribution in [0.15, 0.2) is 0 Å². The number of hydrogen-bond donors (Lipinski definition) is 2. The van der Waals surface area contributed by atoms with Crippen LogP contribution in [-0.4, -0.2) is 41.2 Å². The lowest BCUT2D eigenvalue weighted by Gasteiger charge is -2.33. The number of nitrogens with one attached hydrogen (secondary N) is 1. The van der Waals surface area contributed by atoms with E-state index < -0.39 is 17.8 Å². The maximum atomic E-state index is 12.2. The molecule has 1 heterocycles. The van der Waals surface area contributed by atoms with Crippen LogP contribution in [0.25, 0.3) is 0 Å². The fourth-order valence-electron chi connectivity index (χ4n) is 3.87. The van der Waals surface area contributed by atoms with Crippen molar-refractivity contribution in [3.8, 4) is 0 Å². The van der Waals surface area contributed by atoms with Crippen LogP contribution in [0.1, 0.15) is 79.1 Å². The predicted molar refractivity (Wildman–Crippen MR) is 93.9 cm³/mol. The normalized spacial score (nSPS) is 28.4. The number of aliphatic hydroxyl groups excluding tert-OH is 1. The molecule has 1 aliphatic carbocycles. The first-order valence-corrected chi connectivity index (χ1v) is 9.57. The van der Waals surface area contributed by atoms with Gasteiger partial charge >= 0.3 is 6.09 Å². The molecule has 1 unspecified atom stereocenters. The summed E-state index contributed by atoms with van der Waals surface area (Å²) in [5, 5.41) is 13.7. The third kappa shape index (κ3) is 6.25. The van der Waals surface area contributed by atoms with E-state index >= 15 is 0 Å². The predicted octanol–water partition coefficient (Wildman–Crippen LogP) is 3.78. The molecule has 2 N–H and O–H groups in total. The standard InChI is InChI=1S/C19H35NO4/c1-13-10-11-16(23-13)17(21)15(12-14-8-6-5-7-9-14)20-18(22)24-19(2,3)4/h13-17,21H,5-12H2,1-4H3,(H,20,22)/t13-,15?,16+,17-/m1/s1. The van der Waals surface area contributed by atoms with Crippen molar-refractivity contribution >= 4 is 6.09 Å². The third-order valence-corrected chi connectivity index (χ3v) is 5.07. The van der Waals surface area contributed by atoms with Crippen molar-refractivity contribution in [1.82, 2.24) is 5.32 Å². The number of rotatable bonds is 5.